The Kier molecular flexibility index (Phi) is 4.33. The number of rotatable bonds is 3. The predicted octanol–water partition coefficient (Wildman–Crippen LogP) is 0.501. The number of fused-ring (bicyclic) bond motifs is 2. The number of benzene rings is 2. The van der Waals surface area contributed by atoms with Crippen molar-refractivity contribution in [2.45, 2.75) is 31.0 Å². The first-order chi connectivity index (χ1) is 12.5. The number of aliphatic hydroxyl groups is 3. The van der Waals surface area contributed by atoms with E-state index in [4.69, 9.17) is 13.9 Å². The maximum absolute atomic E-state index is 11.5. The second-order valence-corrected chi connectivity index (χ2v) is 6.19. The number of aliphatic hydroxyl groups excluding tert-OH is 3. The van der Waals surface area contributed by atoms with E-state index in [1.807, 2.05) is 0 Å². The van der Waals surface area contributed by atoms with Gasteiger partial charge in [0, 0.05) is 18.6 Å². The van der Waals surface area contributed by atoms with E-state index in [1.54, 1.807) is 24.3 Å². The van der Waals surface area contributed by atoms with Crippen molar-refractivity contribution in [1.82, 2.24) is 4.98 Å². The fraction of sp³-hybridized carbons (Fsp3) is 0.333. The van der Waals surface area contributed by atoms with Gasteiger partial charge in [0.15, 0.2) is 16.8 Å². The highest BCUT2D eigenvalue weighted by Crippen LogP contribution is 2.29. The summed E-state index contributed by atoms with van der Waals surface area (Å²) in [5.41, 5.74) is 1.34. The van der Waals surface area contributed by atoms with Crippen molar-refractivity contribution in [2.75, 3.05) is 6.61 Å². The molecule has 2 aliphatic heterocycles. The first-order valence-electron chi connectivity index (χ1n) is 8.17. The minimum atomic E-state index is -1.25. The molecule has 0 aromatic heterocycles. The monoisotopic (exact) mass is 359 g/mol. The fourth-order valence-electron chi connectivity index (χ4n) is 2.92. The Balaban J connectivity index is 1.65. The summed E-state index contributed by atoms with van der Waals surface area (Å²) in [7, 11) is 0. The minimum absolute atomic E-state index is 0.123. The van der Waals surface area contributed by atoms with E-state index >= 15 is 0 Å². The summed E-state index contributed by atoms with van der Waals surface area (Å²) in [4.78, 5) is 15.9. The minimum Gasteiger partial charge on any atom is -0.462 e. The van der Waals surface area contributed by atoms with E-state index in [0.717, 1.165) is 0 Å². The van der Waals surface area contributed by atoms with Crippen LogP contribution in [-0.2, 0) is 4.74 Å². The highest BCUT2D eigenvalue weighted by molar-refractivity contribution is 5.77. The van der Waals surface area contributed by atoms with Crippen LogP contribution in [0.5, 0.6) is 5.75 Å². The molecular weight excluding hydrogens is 342 g/mol. The average molecular weight is 359 g/mol. The van der Waals surface area contributed by atoms with Gasteiger partial charge in [-0.2, -0.15) is 0 Å². The number of aromatic nitrogens is 1. The maximum atomic E-state index is 11.5. The summed E-state index contributed by atoms with van der Waals surface area (Å²) in [6.07, 6.45) is -3.93. The van der Waals surface area contributed by atoms with Crippen molar-refractivity contribution < 1.29 is 29.2 Å². The lowest BCUT2D eigenvalue weighted by Gasteiger charge is -2.36. The molecule has 1 fully saturated rings. The molecule has 8 heteroatoms. The van der Waals surface area contributed by atoms with E-state index in [-0.39, 0.29) is 18.5 Å². The SMILES string of the molecule is O=c1ccc2nc3ccc(O[C@@H]4O[C@H](CO)C[C@H](O)[C@H]4O)cc3oc-2c1. The quantitative estimate of drug-likeness (QED) is 0.578. The Labute approximate surface area is 147 Å². The van der Waals surface area contributed by atoms with E-state index in [2.05, 4.69) is 4.98 Å². The van der Waals surface area contributed by atoms with Crippen LogP contribution in [0.2, 0.25) is 0 Å². The zero-order valence-electron chi connectivity index (χ0n) is 13.6. The lowest BCUT2D eigenvalue weighted by Crippen LogP contribution is -2.51. The van der Waals surface area contributed by atoms with Gasteiger partial charge < -0.3 is 29.2 Å². The molecule has 3 N–H and O–H groups in total. The fourth-order valence-corrected chi connectivity index (χ4v) is 2.92. The van der Waals surface area contributed by atoms with E-state index in [9.17, 15) is 20.1 Å². The van der Waals surface area contributed by atoms with Crippen LogP contribution in [0.3, 0.4) is 0 Å². The standard InChI is InChI=1S/C18H17NO7/c20-8-11-6-14(22)17(23)18(25-11)24-10-2-4-13-16(7-10)26-15-5-9(21)1-3-12(15)19-13/h1-5,7,11,14,17-18,20,22-23H,6,8H2/t11-,14-,17+,18+/m0/s1. The van der Waals surface area contributed by atoms with Crippen molar-refractivity contribution in [1.29, 1.82) is 0 Å². The number of hydrogen-bond donors (Lipinski definition) is 3. The van der Waals surface area contributed by atoms with Crippen molar-refractivity contribution in [3.63, 3.8) is 0 Å². The molecular formula is C18H17NO7. The van der Waals surface area contributed by atoms with Crippen LogP contribution in [0, 0.1) is 0 Å². The van der Waals surface area contributed by atoms with Gasteiger partial charge in [-0.15, -0.1) is 0 Å². The number of hydrogen-bond acceptors (Lipinski definition) is 8. The second kappa shape index (κ2) is 6.65. The Morgan fingerprint density at radius 1 is 1.19 bits per heavy atom. The van der Waals surface area contributed by atoms with Gasteiger partial charge in [0.2, 0.25) is 6.29 Å². The van der Waals surface area contributed by atoms with E-state index in [1.165, 1.54) is 12.1 Å². The molecule has 8 nitrogen and oxygen atoms in total. The molecule has 136 valence electrons. The lowest BCUT2D eigenvalue weighted by atomic mass is 10.0. The first kappa shape index (κ1) is 16.9. The Morgan fingerprint density at radius 3 is 2.85 bits per heavy atom. The van der Waals surface area contributed by atoms with E-state index in [0.29, 0.717) is 28.3 Å². The first-order valence-corrected chi connectivity index (χ1v) is 8.17. The zero-order chi connectivity index (χ0) is 18.3. The molecule has 26 heavy (non-hydrogen) atoms. The molecule has 1 aromatic rings. The number of ether oxygens (including phenoxy) is 2. The van der Waals surface area contributed by atoms with Gasteiger partial charge in [0.05, 0.1) is 18.8 Å². The third kappa shape index (κ3) is 3.15. The summed E-state index contributed by atoms with van der Waals surface area (Å²) < 4.78 is 16.8. The van der Waals surface area contributed by atoms with Gasteiger partial charge in [-0.1, -0.05) is 0 Å². The van der Waals surface area contributed by atoms with Crippen molar-refractivity contribution in [3.05, 3.63) is 46.6 Å². The van der Waals surface area contributed by atoms with Gasteiger partial charge in [-0.3, -0.25) is 4.79 Å². The topological polar surface area (TPSA) is 122 Å². The normalized spacial score (nSPS) is 26.3. The van der Waals surface area contributed by atoms with Gasteiger partial charge >= 0.3 is 0 Å². The molecule has 1 saturated heterocycles. The summed E-state index contributed by atoms with van der Waals surface area (Å²) in [5.74, 6) is 0.683. The van der Waals surface area contributed by atoms with Gasteiger partial charge in [0.25, 0.3) is 0 Å². The second-order valence-electron chi connectivity index (χ2n) is 6.19. The van der Waals surface area contributed by atoms with Crippen molar-refractivity contribution in [3.8, 4) is 17.2 Å². The molecule has 0 amide bonds. The number of nitrogens with zero attached hydrogens (tertiary/aromatic N) is 1. The van der Waals surface area contributed by atoms with Crippen molar-refractivity contribution >= 4 is 11.1 Å². The van der Waals surface area contributed by atoms with Crippen LogP contribution in [0.15, 0.2) is 45.6 Å². The van der Waals surface area contributed by atoms with Gasteiger partial charge in [-0.05, 0) is 24.3 Å². The molecule has 4 atom stereocenters. The molecule has 0 spiro atoms. The summed E-state index contributed by atoms with van der Waals surface area (Å²) >= 11 is 0. The van der Waals surface area contributed by atoms with Crippen molar-refractivity contribution in [2.24, 2.45) is 0 Å². The van der Waals surface area contributed by atoms with Crippen LogP contribution in [0.4, 0.5) is 0 Å². The molecule has 4 rings (SSSR count). The molecule has 3 aliphatic rings. The van der Waals surface area contributed by atoms with Crippen LogP contribution in [0.25, 0.3) is 22.6 Å². The van der Waals surface area contributed by atoms with Gasteiger partial charge in [-0.25, -0.2) is 4.98 Å². The summed E-state index contributed by atoms with van der Waals surface area (Å²) in [6, 6.07) is 9.22. The third-order valence-corrected chi connectivity index (χ3v) is 4.28. The molecule has 1 aliphatic carbocycles. The zero-order valence-corrected chi connectivity index (χ0v) is 13.6. The predicted molar refractivity (Wildman–Crippen MR) is 89.9 cm³/mol. The molecule has 0 radical (unpaired) electrons. The average Bonchev–Trinajstić information content (AvgIpc) is 2.63. The van der Waals surface area contributed by atoms with E-state index < -0.39 is 24.6 Å². The third-order valence-electron chi connectivity index (χ3n) is 4.28. The smallest absolute Gasteiger partial charge is 0.229 e. The maximum Gasteiger partial charge on any atom is 0.229 e. The van der Waals surface area contributed by atoms with Crippen LogP contribution >= 0.6 is 0 Å². The molecule has 0 unspecified atom stereocenters. The highest BCUT2D eigenvalue weighted by Gasteiger charge is 2.38. The Morgan fingerprint density at radius 2 is 2.04 bits per heavy atom. The molecule has 2 heterocycles. The lowest BCUT2D eigenvalue weighted by molar-refractivity contribution is -0.240. The highest BCUT2D eigenvalue weighted by atomic mass is 16.7. The largest absolute Gasteiger partial charge is 0.462 e. The van der Waals surface area contributed by atoms with Crippen LogP contribution < -0.4 is 10.2 Å². The van der Waals surface area contributed by atoms with Gasteiger partial charge in [0.1, 0.15) is 23.1 Å². The molecule has 0 bridgehead atoms. The molecule has 0 saturated carbocycles. The Hall–Kier alpha value is -2.52. The van der Waals surface area contributed by atoms with Crippen LogP contribution in [0.1, 0.15) is 6.42 Å². The molecule has 1 aromatic carbocycles. The summed E-state index contributed by atoms with van der Waals surface area (Å²) in [5, 5.41) is 29.1. The summed E-state index contributed by atoms with van der Waals surface area (Å²) in [6.45, 7) is -0.288. The Bertz CT molecular complexity index is 956. The van der Waals surface area contributed by atoms with Crippen LogP contribution in [-0.4, -0.2) is 51.5 Å².